The first kappa shape index (κ1) is 13.9. The Balaban J connectivity index is 2.26. The second kappa shape index (κ2) is 6.58. The fraction of sp³-hybridized carbons (Fsp3) is 1.00. The molecule has 1 saturated heterocycles. The van der Waals surface area contributed by atoms with Crippen molar-refractivity contribution in [1.29, 1.82) is 0 Å². The SMILES string of the molecule is CC(C)C(O)CNC1CCOC(C(C)C)C1. The van der Waals surface area contributed by atoms with Crippen LogP contribution in [-0.4, -0.2) is 36.5 Å². The summed E-state index contributed by atoms with van der Waals surface area (Å²) in [5.41, 5.74) is 0. The van der Waals surface area contributed by atoms with Crippen molar-refractivity contribution < 1.29 is 9.84 Å². The van der Waals surface area contributed by atoms with Gasteiger partial charge in [0.2, 0.25) is 0 Å². The van der Waals surface area contributed by atoms with Gasteiger partial charge in [-0.3, -0.25) is 0 Å². The molecule has 3 unspecified atom stereocenters. The van der Waals surface area contributed by atoms with E-state index in [2.05, 4.69) is 19.2 Å². The smallest absolute Gasteiger partial charge is 0.0687 e. The molecular formula is C13H27NO2. The first-order valence-corrected chi connectivity index (χ1v) is 6.53. The second-order valence-electron chi connectivity index (χ2n) is 5.59. The number of aliphatic hydroxyl groups excluding tert-OH is 1. The maximum absolute atomic E-state index is 9.74. The van der Waals surface area contributed by atoms with Crippen LogP contribution in [0.25, 0.3) is 0 Å². The molecule has 16 heavy (non-hydrogen) atoms. The van der Waals surface area contributed by atoms with Crippen molar-refractivity contribution >= 4 is 0 Å². The molecule has 0 bridgehead atoms. The topological polar surface area (TPSA) is 41.5 Å². The van der Waals surface area contributed by atoms with Gasteiger partial charge in [-0.2, -0.15) is 0 Å². The highest BCUT2D eigenvalue weighted by molar-refractivity contribution is 4.79. The average molecular weight is 229 g/mol. The van der Waals surface area contributed by atoms with Crippen molar-refractivity contribution in [2.45, 2.75) is 58.8 Å². The van der Waals surface area contributed by atoms with Gasteiger partial charge in [0.1, 0.15) is 0 Å². The van der Waals surface area contributed by atoms with Gasteiger partial charge in [0.05, 0.1) is 12.2 Å². The van der Waals surface area contributed by atoms with Crippen molar-refractivity contribution in [3.63, 3.8) is 0 Å². The lowest BCUT2D eigenvalue weighted by atomic mass is 9.95. The third kappa shape index (κ3) is 4.40. The summed E-state index contributed by atoms with van der Waals surface area (Å²) in [4.78, 5) is 0. The van der Waals surface area contributed by atoms with E-state index >= 15 is 0 Å². The summed E-state index contributed by atoms with van der Waals surface area (Å²) in [6.07, 6.45) is 2.28. The molecule has 1 aliphatic heterocycles. The molecule has 1 aliphatic rings. The van der Waals surface area contributed by atoms with Crippen LogP contribution in [0, 0.1) is 11.8 Å². The molecule has 3 heteroatoms. The lowest BCUT2D eigenvalue weighted by molar-refractivity contribution is -0.0263. The molecule has 1 fully saturated rings. The van der Waals surface area contributed by atoms with E-state index in [1.165, 1.54) is 0 Å². The number of hydrogen-bond acceptors (Lipinski definition) is 3. The van der Waals surface area contributed by atoms with Crippen molar-refractivity contribution in [1.82, 2.24) is 5.32 Å². The number of nitrogens with one attached hydrogen (secondary N) is 1. The largest absolute Gasteiger partial charge is 0.392 e. The Morgan fingerprint density at radius 2 is 2.00 bits per heavy atom. The Kier molecular flexibility index (Phi) is 5.73. The maximum Gasteiger partial charge on any atom is 0.0687 e. The van der Waals surface area contributed by atoms with Gasteiger partial charge in [-0.1, -0.05) is 27.7 Å². The lowest BCUT2D eigenvalue weighted by Gasteiger charge is -2.33. The van der Waals surface area contributed by atoms with Crippen molar-refractivity contribution in [3.05, 3.63) is 0 Å². The summed E-state index contributed by atoms with van der Waals surface area (Å²) < 4.78 is 5.72. The Morgan fingerprint density at radius 1 is 1.31 bits per heavy atom. The molecule has 0 aromatic rings. The quantitative estimate of drug-likeness (QED) is 0.755. The highest BCUT2D eigenvalue weighted by Gasteiger charge is 2.25. The molecule has 3 atom stereocenters. The van der Waals surface area contributed by atoms with E-state index in [1.54, 1.807) is 0 Å². The van der Waals surface area contributed by atoms with Gasteiger partial charge in [0, 0.05) is 19.2 Å². The van der Waals surface area contributed by atoms with Crippen LogP contribution in [0.3, 0.4) is 0 Å². The molecular weight excluding hydrogens is 202 g/mol. The molecule has 96 valence electrons. The molecule has 0 saturated carbocycles. The van der Waals surface area contributed by atoms with Crippen LogP contribution in [-0.2, 0) is 4.74 Å². The number of hydrogen-bond donors (Lipinski definition) is 2. The minimum atomic E-state index is -0.236. The molecule has 1 heterocycles. The summed E-state index contributed by atoms with van der Waals surface area (Å²) in [6, 6.07) is 0.509. The van der Waals surface area contributed by atoms with Gasteiger partial charge < -0.3 is 15.2 Å². The van der Waals surface area contributed by atoms with E-state index in [4.69, 9.17) is 4.74 Å². The van der Waals surface area contributed by atoms with Crippen LogP contribution in [0.2, 0.25) is 0 Å². The van der Waals surface area contributed by atoms with Gasteiger partial charge in [0.25, 0.3) is 0 Å². The molecule has 1 rings (SSSR count). The molecule has 3 nitrogen and oxygen atoms in total. The van der Waals surface area contributed by atoms with E-state index in [1.807, 2.05) is 13.8 Å². The average Bonchev–Trinajstić information content (AvgIpc) is 2.26. The fourth-order valence-electron chi connectivity index (χ4n) is 2.00. The van der Waals surface area contributed by atoms with Crippen LogP contribution in [0.5, 0.6) is 0 Å². The lowest BCUT2D eigenvalue weighted by Crippen LogP contribution is -2.44. The molecule has 0 spiro atoms. The summed E-state index contributed by atoms with van der Waals surface area (Å²) in [5, 5.41) is 13.2. The van der Waals surface area contributed by atoms with Crippen molar-refractivity contribution in [2.75, 3.05) is 13.2 Å². The standard InChI is InChI=1S/C13H27NO2/c1-9(2)12(15)8-14-11-5-6-16-13(7-11)10(3)4/h9-15H,5-8H2,1-4H3. The first-order chi connectivity index (χ1) is 7.50. The van der Waals surface area contributed by atoms with Gasteiger partial charge in [-0.05, 0) is 24.7 Å². The van der Waals surface area contributed by atoms with E-state index in [0.717, 1.165) is 19.4 Å². The third-order valence-corrected chi connectivity index (χ3v) is 3.44. The zero-order valence-electron chi connectivity index (χ0n) is 11.1. The third-order valence-electron chi connectivity index (χ3n) is 3.44. The minimum absolute atomic E-state index is 0.236. The summed E-state index contributed by atoms with van der Waals surface area (Å²) >= 11 is 0. The summed E-state index contributed by atoms with van der Waals surface area (Å²) in [7, 11) is 0. The van der Waals surface area contributed by atoms with Crippen LogP contribution >= 0.6 is 0 Å². The normalized spacial score (nSPS) is 28.7. The van der Waals surface area contributed by atoms with E-state index in [0.29, 0.717) is 30.5 Å². The van der Waals surface area contributed by atoms with Crippen LogP contribution in [0.4, 0.5) is 0 Å². The van der Waals surface area contributed by atoms with E-state index in [9.17, 15) is 5.11 Å². The molecule has 0 aromatic carbocycles. The summed E-state index contributed by atoms with van der Waals surface area (Å²) in [6.45, 7) is 10.1. The summed E-state index contributed by atoms with van der Waals surface area (Å²) in [5.74, 6) is 0.910. The van der Waals surface area contributed by atoms with Gasteiger partial charge in [0.15, 0.2) is 0 Å². The maximum atomic E-state index is 9.74. The fourth-order valence-corrected chi connectivity index (χ4v) is 2.00. The Labute approximate surface area is 99.6 Å². The first-order valence-electron chi connectivity index (χ1n) is 6.53. The highest BCUT2D eigenvalue weighted by Crippen LogP contribution is 2.20. The predicted molar refractivity (Wildman–Crippen MR) is 66.4 cm³/mol. The van der Waals surface area contributed by atoms with Gasteiger partial charge in [-0.25, -0.2) is 0 Å². The van der Waals surface area contributed by atoms with Crippen LogP contribution in [0.15, 0.2) is 0 Å². The Bertz CT molecular complexity index is 194. The van der Waals surface area contributed by atoms with Crippen LogP contribution in [0.1, 0.15) is 40.5 Å². The van der Waals surface area contributed by atoms with Crippen LogP contribution < -0.4 is 5.32 Å². The van der Waals surface area contributed by atoms with E-state index in [-0.39, 0.29) is 6.10 Å². The number of rotatable bonds is 5. The second-order valence-corrected chi connectivity index (χ2v) is 5.59. The molecule has 0 aliphatic carbocycles. The zero-order valence-corrected chi connectivity index (χ0v) is 11.1. The Morgan fingerprint density at radius 3 is 2.56 bits per heavy atom. The predicted octanol–water partition coefficient (Wildman–Crippen LogP) is 1.80. The van der Waals surface area contributed by atoms with Crippen molar-refractivity contribution in [3.8, 4) is 0 Å². The zero-order chi connectivity index (χ0) is 12.1. The number of ether oxygens (including phenoxy) is 1. The minimum Gasteiger partial charge on any atom is -0.392 e. The van der Waals surface area contributed by atoms with Gasteiger partial charge >= 0.3 is 0 Å². The molecule has 0 aromatic heterocycles. The van der Waals surface area contributed by atoms with Crippen molar-refractivity contribution in [2.24, 2.45) is 11.8 Å². The molecule has 0 amide bonds. The highest BCUT2D eigenvalue weighted by atomic mass is 16.5. The number of aliphatic hydroxyl groups is 1. The van der Waals surface area contributed by atoms with Gasteiger partial charge in [-0.15, -0.1) is 0 Å². The monoisotopic (exact) mass is 229 g/mol. The Hall–Kier alpha value is -0.120. The molecule has 0 radical (unpaired) electrons. The molecule has 2 N–H and O–H groups in total. The van der Waals surface area contributed by atoms with E-state index < -0.39 is 0 Å².